The van der Waals surface area contributed by atoms with E-state index in [1.807, 2.05) is 0 Å². The molecule has 4 heteroatoms. The third kappa shape index (κ3) is 3.05. The second-order valence-corrected chi connectivity index (χ2v) is 6.29. The van der Waals surface area contributed by atoms with Gasteiger partial charge >= 0.3 is 0 Å². The van der Waals surface area contributed by atoms with Gasteiger partial charge in [-0.05, 0) is 53.1 Å². The van der Waals surface area contributed by atoms with Crippen LogP contribution in [-0.2, 0) is 0 Å². The summed E-state index contributed by atoms with van der Waals surface area (Å²) in [5.41, 5.74) is 0.121. The Kier molecular flexibility index (Phi) is 4.64. The van der Waals surface area contributed by atoms with Crippen molar-refractivity contribution in [2.45, 2.75) is 57.3 Å². The Morgan fingerprint density at radius 2 is 1.72 bits per heavy atom. The molecule has 0 bridgehead atoms. The van der Waals surface area contributed by atoms with Crippen molar-refractivity contribution < 1.29 is 5.11 Å². The molecular formula is C14H29N3O. The molecular weight excluding hydrogens is 226 g/mol. The third-order valence-corrected chi connectivity index (χ3v) is 4.84. The van der Waals surface area contributed by atoms with Gasteiger partial charge in [-0.2, -0.15) is 0 Å². The van der Waals surface area contributed by atoms with Crippen molar-refractivity contribution in [1.82, 2.24) is 15.1 Å². The molecule has 0 radical (unpaired) electrons. The lowest BCUT2D eigenvalue weighted by Crippen LogP contribution is -2.62. The lowest BCUT2D eigenvalue weighted by Gasteiger charge is -2.51. The Morgan fingerprint density at radius 1 is 1.06 bits per heavy atom. The summed E-state index contributed by atoms with van der Waals surface area (Å²) in [7, 11) is 2.07. The van der Waals surface area contributed by atoms with E-state index in [1.54, 1.807) is 0 Å². The SMILES string of the molecule is CNC1CCCN(C(C)(C)N2CCC(O)CC2)C1. The van der Waals surface area contributed by atoms with Gasteiger partial charge in [0, 0.05) is 25.7 Å². The fourth-order valence-electron chi connectivity index (χ4n) is 3.32. The predicted octanol–water partition coefficient (Wildman–Crippen LogP) is 0.863. The Labute approximate surface area is 111 Å². The van der Waals surface area contributed by atoms with Gasteiger partial charge in [-0.3, -0.25) is 9.80 Å². The molecule has 2 saturated heterocycles. The van der Waals surface area contributed by atoms with Crippen molar-refractivity contribution in [1.29, 1.82) is 0 Å². The largest absolute Gasteiger partial charge is 0.393 e. The standard InChI is InChI=1S/C14H29N3O/c1-14(2,16-9-6-13(18)7-10-16)17-8-4-5-12(11-17)15-3/h12-13,15,18H,4-11H2,1-3H3. The van der Waals surface area contributed by atoms with E-state index in [4.69, 9.17) is 0 Å². The summed E-state index contributed by atoms with van der Waals surface area (Å²) in [6.45, 7) is 9.06. The number of rotatable bonds is 3. The number of aliphatic hydroxyl groups is 1. The molecule has 0 aromatic heterocycles. The van der Waals surface area contributed by atoms with Gasteiger partial charge in [0.25, 0.3) is 0 Å². The van der Waals surface area contributed by atoms with Crippen LogP contribution in [0.15, 0.2) is 0 Å². The van der Waals surface area contributed by atoms with E-state index in [-0.39, 0.29) is 11.8 Å². The first-order chi connectivity index (χ1) is 8.54. The highest BCUT2D eigenvalue weighted by molar-refractivity contribution is 4.90. The molecule has 0 amide bonds. The molecule has 0 aliphatic carbocycles. The van der Waals surface area contributed by atoms with Gasteiger partial charge in [0.2, 0.25) is 0 Å². The number of nitrogens with zero attached hydrogens (tertiary/aromatic N) is 2. The highest BCUT2D eigenvalue weighted by Gasteiger charge is 2.37. The molecule has 0 aromatic rings. The van der Waals surface area contributed by atoms with Crippen LogP contribution in [0.3, 0.4) is 0 Å². The zero-order valence-corrected chi connectivity index (χ0v) is 12.2. The number of nitrogens with one attached hydrogen (secondary N) is 1. The second kappa shape index (κ2) is 5.87. The summed E-state index contributed by atoms with van der Waals surface area (Å²) in [4.78, 5) is 5.15. The molecule has 0 saturated carbocycles. The third-order valence-electron chi connectivity index (χ3n) is 4.84. The molecule has 1 unspecified atom stereocenters. The van der Waals surface area contributed by atoms with Crippen molar-refractivity contribution in [3.8, 4) is 0 Å². The molecule has 106 valence electrons. The molecule has 2 aliphatic heterocycles. The van der Waals surface area contributed by atoms with E-state index >= 15 is 0 Å². The van der Waals surface area contributed by atoms with E-state index in [0.717, 1.165) is 32.5 Å². The molecule has 2 heterocycles. The summed E-state index contributed by atoms with van der Waals surface area (Å²) in [5, 5.41) is 13.0. The van der Waals surface area contributed by atoms with Crippen LogP contribution in [0, 0.1) is 0 Å². The molecule has 2 fully saturated rings. The monoisotopic (exact) mass is 255 g/mol. The molecule has 2 rings (SSSR count). The first-order valence-corrected chi connectivity index (χ1v) is 7.39. The van der Waals surface area contributed by atoms with E-state index in [0.29, 0.717) is 6.04 Å². The van der Waals surface area contributed by atoms with Gasteiger partial charge in [0.05, 0.1) is 11.8 Å². The maximum atomic E-state index is 9.63. The van der Waals surface area contributed by atoms with Crippen LogP contribution < -0.4 is 5.32 Å². The van der Waals surface area contributed by atoms with Crippen LogP contribution in [0.2, 0.25) is 0 Å². The average Bonchev–Trinajstić information content (AvgIpc) is 2.39. The van der Waals surface area contributed by atoms with Crippen molar-refractivity contribution in [3.63, 3.8) is 0 Å². The minimum absolute atomic E-state index is 0.0801. The zero-order chi connectivity index (χ0) is 13.2. The fraction of sp³-hybridized carbons (Fsp3) is 1.00. The Balaban J connectivity index is 1.96. The Hall–Kier alpha value is -0.160. The first-order valence-electron chi connectivity index (χ1n) is 7.39. The summed E-state index contributed by atoms with van der Waals surface area (Å²) in [6.07, 6.45) is 4.34. The summed E-state index contributed by atoms with van der Waals surface area (Å²) < 4.78 is 0. The van der Waals surface area contributed by atoms with Crippen LogP contribution in [0.4, 0.5) is 0 Å². The number of aliphatic hydroxyl groups excluding tert-OH is 1. The molecule has 0 aromatic carbocycles. The number of likely N-dealkylation sites (N-methyl/N-ethyl adjacent to an activating group) is 1. The van der Waals surface area contributed by atoms with Crippen molar-refractivity contribution in [2.24, 2.45) is 0 Å². The minimum atomic E-state index is -0.0801. The van der Waals surface area contributed by atoms with Crippen LogP contribution in [0.25, 0.3) is 0 Å². The smallest absolute Gasteiger partial charge is 0.0680 e. The van der Waals surface area contributed by atoms with E-state index in [2.05, 4.69) is 36.0 Å². The summed E-state index contributed by atoms with van der Waals surface area (Å²) in [6, 6.07) is 0.633. The maximum Gasteiger partial charge on any atom is 0.0680 e. The second-order valence-electron chi connectivity index (χ2n) is 6.29. The van der Waals surface area contributed by atoms with Gasteiger partial charge in [-0.25, -0.2) is 0 Å². The van der Waals surface area contributed by atoms with Crippen LogP contribution in [0.1, 0.15) is 39.5 Å². The van der Waals surface area contributed by atoms with Gasteiger partial charge in [0.1, 0.15) is 0 Å². The highest BCUT2D eigenvalue weighted by atomic mass is 16.3. The lowest BCUT2D eigenvalue weighted by atomic mass is 9.98. The van der Waals surface area contributed by atoms with Crippen molar-refractivity contribution >= 4 is 0 Å². The Bertz CT molecular complexity index is 262. The van der Waals surface area contributed by atoms with Crippen LogP contribution in [0.5, 0.6) is 0 Å². The first kappa shape index (κ1) is 14.3. The number of hydrogen-bond donors (Lipinski definition) is 2. The molecule has 2 aliphatic rings. The normalized spacial score (nSPS) is 29.7. The van der Waals surface area contributed by atoms with E-state index in [9.17, 15) is 5.11 Å². The molecule has 0 spiro atoms. The van der Waals surface area contributed by atoms with Crippen molar-refractivity contribution in [2.75, 3.05) is 33.2 Å². The summed E-state index contributed by atoms with van der Waals surface area (Å²) in [5.74, 6) is 0. The topological polar surface area (TPSA) is 38.7 Å². The van der Waals surface area contributed by atoms with Gasteiger partial charge in [-0.15, -0.1) is 0 Å². The highest BCUT2D eigenvalue weighted by Crippen LogP contribution is 2.27. The fourth-order valence-corrected chi connectivity index (χ4v) is 3.32. The molecule has 4 nitrogen and oxygen atoms in total. The van der Waals surface area contributed by atoms with Gasteiger partial charge < -0.3 is 10.4 Å². The minimum Gasteiger partial charge on any atom is -0.393 e. The lowest BCUT2D eigenvalue weighted by molar-refractivity contribution is -0.0718. The number of piperidine rings is 2. The molecule has 2 N–H and O–H groups in total. The van der Waals surface area contributed by atoms with Gasteiger partial charge in [-0.1, -0.05) is 0 Å². The van der Waals surface area contributed by atoms with E-state index < -0.39 is 0 Å². The summed E-state index contributed by atoms with van der Waals surface area (Å²) >= 11 is 0. The Morgan fingerprint density at radius 3 is 2.33 bits per heavy atom. The molecule has 1 atom stereocenters. The zero-order valence-electron chi connectivity index (χ0n) is 12.2. The molecule has 18 heavy (non-hydrogen) atoms. The number of hydrogen-bond acceptors (Lipinski definition) is 4. The maximum absolute atomic E-state index is 9.63. The number of likely N-dealkylation sites (tertiary alicyclic amines) is 2. The van der Waals surface area contributed by atoms with Crippen LogP contribution >= 0.6 is 0 Å². The predicted molar refractivity (Wildman–Crippen MR) is 74.5 cm³/mol. The quantitative estimate of drug-likeness (QED) is 0.785. The van der Waals surface area contributed by atoms with Crippen molar-refractivity contribution in [3.05, 3.63) is 0 Å². The average molecular weight is 255 g/mol. The van der Waals surface area contributed by atoms with Gasteiger partial charge in [0.15, 0.2) is 0 Å². The van der Waals surface area contributed by atoms with E-state index in [1.165, 1.54) is 19.4 Å². The van der Waals surface area contributed by atoms with Crippen LogP contribution in [-0.4, -0.2) is 65.9 Å².